The Kier molecular flexibility index (Phi) is 8.02. The fourth-order valence-corrected chi connectivity index (χ4v) is 7.94. The van der Waals surface area contributed by atoms with Gasteiger partial charge >= 0.3 is 0 Å². The summed E-state index contributed by atoms with van der Waals surface area (Å²) in [4.78, 5) is 3.56. The first-order valence-electron chi connectivity index (χ1n) is 9.66. The minimum atomic E-state index is -1.64. The molecule has 0 radical (unpaired) electrons. The molecular formula is C20H35NO2SSi. The molecule has 5 heteroatoms. The van der Waals surface area contributed by atoms with E-state index >= 15 is 0 Å². The van der Waals surface area contributed by atoms with Crippen molar-refractivity contribution in [2.75, 3.05) is 14.1 Å². The number of ether oxygens (including phenoxy) is 1. The van der Waals surface area contributed by atoms with E-state index in [9.17, 15) is 0 Å². The summed E-state index contributed by atoms with van der Waals surface area (Å²) < 4.78 is 13.3. The quantitative estimate of drug-likeness (QED) is 0.574. The summed E-state index contributed by atoms with van der Waals surface area (Å²) in [7, 11) is 2.67. The minimum Gasteiger partial charge on any atom is -0.412 e. The lowest BCUT2D eigenvalue weighted by Gasteiger charge is -2.46. The Balaban J connectivity index is 2.16. The molecule has 1 saturated heterocycles. The maximum atomic E-state index is 6.94. The van der Waals surface area contributed by atoms with E-state index < -0.39 is 8.32 Å². The molecule has 1 heterocycles. The SMILES string of the molecule is CC[Si](CC)(CC)O[C@H]1C[C@@H](Sc2ccccc2)O[C@@H](C)[C@H]1N(C)C. The number of likely N-dealkylation sites (N-methyl/N-ethyl adjacent to an activating group) is 1. The van der Waals surface area contributed by atoms with Gasteiger partial charge < -0.3 is 14.1 Å². The van der Waals surface area contributed by atoms with Crippen LogP contribution < -0.4 is 0 Å². The molecule has 0 bridgehead atoms. The molecule has 1 aliphatic rings. The van der Waals surface area contributed by atoms with Crippen LogP contribution >= 0.6 is 11.8 Å². The van der Waals surface area contributed by atoms with Gasteiger partial charge in [-0.3, -0.25) is 0 Å². The Morgan fingerprint density at radius 2 is 1.72 bits per heavy atom. The fraction of sp³-hybridized carbons (Fsp3) is 0.700. The van der Waals surface area contributed by atoms with E-state index in [0.29, 0.717) is 6.04 Å². The largest absolute Gasteiger partial charge is 0.412 e. The maximum absolute atomic E-state index is 6.94. The van der Waals surface area contributed by atoms with Crippen molar-refractivity contribution < 1.29 is 9.16 Å². The van der Waals surface area contributed by atoms with E-state index in [4.69, 9.17) is 9.16 Å². The molecule has 3 nitrogen and oxygen atoms in total. The standard InChI is InChI=1S/C20H35NO2SSi/c1-7-25(8-2,9-3)23-18-15-19(22-16(4)20(18)21(5)6)24-17-13-11-10-12-14-17/h10-14,16,18-20H,7-9,15H2,1-6H3/t16-,18-,19+,20+/m0/s1. The third kappa shape index (κ3) is 5.33. The summed E-state index contributed by atoms with van der Waals surface area (Å²) in [5.74, 6) is 0. The average Bonchev–Trinajstić information content (AvgIpc) is 2.60. The van der Waals surface area contributed by atoms with Gasteiger partial charge in [-0.15, -0.1) is 0 Å². The number of benzene rings is 1. The lowest BCUT2D eigenvalue weighted by Crippen LogP contribution is -2.57. The summed E-state index contributed by atoms with van der Waals surface area (Å²) in [6.45, 7) is 9.13. The second-order valence-electron chi connectivity index (χ2n) is 7.29. The van der Waals surface area contributed by atoms with Crippen molar-refractivity contribution in [2.24, 2.45) is 0 Å². The van der Waals surface area contributed by atoms with Crippen LogP contribution in [0.3, 0.4) is 0 Å². The highest BCUT2D eigenvalue weighted by molar-refractivity contribution is 7.99. The predicted molar refractivity (Wildman–Crippen MR) is 111 cm³/mol. The number of hydrogen-bond acceptors (Lipinski definition) is 4. The third-order valence-electron chi connectivity index (χ3n) is 5.59. The zero-order chi connectivity index (χ0) is 18.4. The summed E-state index contributed by atoms with van der Waals surface area (Å²) in [5, 5.41) is 0. The topological polar surface area (TPSA) is 21.7 Å². The van der Waals surface area contributed by atoms with Crippen molar-refractivity contribution in [1.82, 2.24) is 4.90 Å². The normalized spacial score (nSPS) is 27.6. The van der Waals surface area contributed by atoms with E-state index in [1.54, 1.807) is 0 Å². The van der Waals surface area contributed by atoms with Crippen LogP contribution in [0.15, 0.2) is 35.2 Å². The molecule has 2 rings (SSSR count). The lowest BCUT2D eigenvalue weighted by atomic mass is 9.99. The molecule has 0 spiro atoms. The highest BCUT2D eigenvalue weighted by Gasteiger charge is 2.43. The highest BCUT2D eigenvalue weighted by atomic mass is 32.2. The molecule has 0 aliphatic carbocycles. The van der Waals surface area contributed by atoms with Crippen LogP contribution in [0.25, 0.3) is 0 Å². The van der Waals surface area contributed by atoms with Crippen molar-refractivity contribution in [2.45, 2.75) is 80.8 Å². The molecule has 1 aliphatic heterocycles. The molecule has 0 amide bonds. The molecule has 25 heavy (non-hydrogen) atoms. The van der Waals surface area contributed by atoms with E-state index in [0.717, 1.165) is 6.42 Å². The molecule has 1 aromatic carbocycles. The fourth-order valence-electron chi connectivity index (χ4n) is 3.92. The van der Waals surface area contributed by atoms with Crippen LogP contribution in [-0.4, -0.2) is 51.0 Å². The molecule has 0 saturated carbocycles. The molecule has 0 unspecified atom stereocenters. The second-order valence-corrected chi connectivity index (χ2v) is 13.2. The monoisotopic (exact) mass is 381 g/mol. The van der Waals surface area contributed by atoms with Gasteiger partial charge in [0, 0.05) is 11.3 Å². The molecule has 1 aromatic rings. The maximum Gasteiger partial charge on any atom is 0.192 e. The smallest absolute Gasteiger partial charge is 0.192 e. The van der Waals surface area contributed by atoms with E-state index in [1.165, 1.54) is 23.0 Å². The van der Waals surface area contributed by atoms with Gasteiger partial charge in [0.05, 0.1) is 18.2 Å². The summed E-state index contributed by atoms with van der Waals surface area (Å²) >= 11 is 1.83. The number of rotatable bonds is 8. The van der Waals surface area contributed by atoms with Gasteiger partial charge in [0.2, 0.25) is 0 Å². The molecule has 0 N–H and O–H groups in total. The van der Waals surface area contributed by atoms with Crippen molar-refractivity contribution in [3.05, 3.63) is 30.3 Å². The first-order valence-corrected chi connectivity index (χ1v) is 13.1. The van der Waals surface area contributed by atoms with Crippen LogP contribution in [0.2, 0.25) is 18.1 Å². The summed E-state index contributed by atoms with van der Waals surface area (Å²) in [6.07, 6.45) is 1.39. The van der Waals surface area contributed by atoms with Crippen LogP contribution in [0.4, 0.5) is 0 Å². The third-order valence-corrected chi connectivity index (χ3v) is 11.4. The van der Waals surface area contributed by atoms with Gasteiger partial charge in [-0.25, -0.2) is 0 Å². The van der Waals surface area contributed by atoms with Gasteiger partial charge in [0.15, 0.2) is 8.32 Å². The van der Waals surface area contributed by atoms with Gasteiger partial charge in [0.1, 0.15) is 5.44 Å². The van der Waals surface area contributed by atoms with Crippen molar-refractivity contribution in [3.63, 3.8) is 0 Å². The zero-order valence-electron chi connectivity index (χ0n) is 16.7. The summed E-state index contributed by atoms with van der Waals surface area (Å²) in [5.41, 5.74) is 0.163. The number of nitrogens with zero attached hydrogens (tertiary/aromatic N) is 1. The van der Waals surface area contributed by atoms with Crippen LogP contribution in [0.5, 0.6) is 0 Å². The van der Waals surface area contributed by atoms with Gasteiger partial charge in [-0.05, 0) is 51.3 Å². The lowest BCUT2D eigenvalue weighted by molar-refractivity contribution is -0.0989. The Labute approximate surface area is 159 Å². The Hall–Kier alpha value is -0.333. The zero-order valence-corrected chi connectivity index (χ0v) is 18.5. The Morgan fingerprint density at radius 3 is 2.24 bits per heavy atom. The second kappa shape index (κ2) is 9.56. The molecule has 1 fully saturated rings. The van der Waals surface area contributed by atoms with Gasteiger partial charge in [0.25, 0.3) is 0 Å². The first-order chi connectivity index (χ1) is 11.9. The van der Waals surface area contributed by atoms with Crippen molar-refractivity contribution in [1.29, 1.82) is 0 Å². The molecule has 142 valence electrons. The average molecular weight is 382 g/mol. The minimum absolute atomic E-state index is 0.163. The number of thioether (sulfide) groups is 1. The van der Waals surface area contributed by atoms with Crippen molar-refractivity contribution in [3.8, 4) is 0 Å². The highest BCUT2D eigenvalue weighted by Crippen LogP contribution is 2.37. The van der Waals surface area contributed by atoms with Crippen LogP contribution in [-0.2, 0) is 9.16 Å². The van der Waals surface area contributed by atoms with Crippen LogP contribution in [0.1, 0.15) is 34.1 Å². The van der Waals surface area contributed by atoms with Gasteiger partial charge in [-0.2, -0.15) is 0 Å². The first kappa shape index (κ1) is 21.0. The van der Waals surface area contributed by atoms with Gasteiger partial charge in [-0.1, -0.05) is 50.7 Å². The van der Waals surface area contributed by atoms with E-state index in [-0.39, 0.29) is 17.6 Å². The van der Waals surface area contributed by atoms with E-state index in [1.807, 2.05) is 11.8 Å². The molecule has 4 atom stereocenters. The Morgan fingerprint density at radius 1 is 1.12 bits per heavy atom. The Bertz CT molecular complexity index is 501. The van der Waals surface area contributed by atoms with E-state index in [2.05, 4.69) is 77.0 Å². The number of hydrogen-bond donors (Lipinski definition) is 0. The predicted octanol–water partition coefficient (Wildman–Crippen LogP) is 5.23. The van der Waals surface area contributed by atoms with Crippen LogP contribution in [0, 0.1) is 0 Å². The molecule has 0 aromatic heterocycles. The molecular weight excluding hydrogens is 346 g/mol. The summed E-state index contributed by atoms with van der Waals surface area (Å²) in [6, 6.07) is 14.5. The van der Waals surface area contributed by atoms with Crippen molar-refractivity contribution >= 4 is 20.1 Å².